The summed E-state index contributed by atoms with van der Waals surface area (Å²) in [5.74, 6) is 0.205. The van der Waals surface area contributed by atoms with Crippen molar-refractivity contribution in [2.75, 3.05) is 32.7 Å². The quantitative estimate of drug-likeness (QED) is 0.498. The monoisotopic (exact) mass is 501 g/mol. The molecule has 6 heteroatoms. The zero-order valence-electron chi connectivity index (χ0n) is 21.4. The lowest BCUT2D eigenvalue weighted by Crippen LogP contribution is -2.57. The summed E-state index contributed by atoms with van der Waals surface area (Å²) in [5, 5.41) is 2.18. The first kappa shape index (κ1) is 24.7. The van der Waals surface area contributed by atoms with Crippen molar-refractivity contribution in [2.24, 2.45) is 0 Å². The summed E-state index contributed by atoms with van der Waals surface area (Å²) in [7, 11) is 0. The summed E-state index contributed by atoms with van der Waals surface area (Å²) in [5.41, 5.74) is 5.83. The smallest absolute Gasteiger partial charge is 0.254 e. The van der Waals surface area contributed by atoms with Crippen molar-refractivity contribution in [3.8, 4) is 0 Å². The maximum Gasteiger partial charge on any atom is 0.254 e. The predicted molar refractivity (Wildman–Crippen MR) is 146 cm³/mol. The summed E-state index contributed by atoms with van der Waals surface area (Å²) in [4.78, 5) is 34.3. The van der Waals surface area contributed by atoms with Crippen LogP contribution in [0.5, 0.6) is 0 Å². The van der Waals surface area contributed by atoms with Crippen LogP contribution in [0, 0.1) is 6.92 Å². The summed E-state index contributed by atoms with van der Waals surface area (Å²) in [6, 6.07) is 18.7. The van der Waals surface area contributed by atoms with E-state index in [-0.39, 0.29) is 23.9 Å². The van der Waals surface area contributed by atoms with Crippen molar-refractivity contribution in [3.63, 3.8) is 0 Å². The van der Waals surface area contributed by atoms with Crippen molar-refractivity contribution in [3.05, 3.63) is 92.7 Å². The number of aryl methyl sites for hydroxylation is 2. The second kappa shape index (κ2) is 10.6. The second-order valence-electron chi connectivity index (χ2n) is 10.0. The van der Waals surface area contributed by atoms with E-state index in [1.165, 1.54) is 27.1 Å². The van der Waals surface area contributed by atoms with E-state index in [1.807, 2.05) is 52.3 Å². The molecule has 0 aliphatic carbocycles. The van der Waals surface area contributed by atoms with Crippen LogP contribution in [0.4, 0.5) is 0 Å². The Balaban J connectivity index is 1.27. The Labute approximate surface area is 218 Å². The number of hydrogen-bond acceptors (Lipinski definition) is 4. The lowest BCUT2D eigenvalue weighted by atomic mass is 9.90. The minimum Gasteiger partial charge on any atom is -0.338 e. The van der Waals surface area contributed by atoms with Crippen LogP contribution in [0.15, 0.2) is 60.0 Å². The molecule has 3 heterocycles. The van der Waals surface area contributed by atoms with E-state index in [4.69, 9.17) is 0 Å². The van der Waals surface area contributed by atoms with Crippen molar-refractivity contribution in [1.29, 1.82) is 0 Å². The molecule has 2 aromatic carbocycles. The molecule has 0 saturated carbocycles. The molecule has 0 spiro atoms. The normalized spacial score (nSPS) is 20.3. The fourth-order valence-electron chi connectivity index (χ4n) is 5.60. The molecule has 188 valence electrons. The highest BCUT2D eigenvalue weighted by molar-refractivity contribution is 7.10. The van der Waals surface area contributed by atoms with Crippen LogP contribution >= 0.6 is 11.3 Å². The third kappa shape index (κ3) is 4.84. The Morgan fingerprint density at radius 3 is 2.47 bits per heavy atom. The number of benzene rings is 2. The number of carbonyl (C=O) groups is 2. The molecule has 36 heavy (non-hydrogen) atoms. The maximum atomic E-state index is 13.5. The second-order valence-corrected chi connectivity index (χ2v) is 11.0. The van der Waals surface area contributed by atoms with Gasteiger partial charge in [-0.3, -0.25) is 14.5 Å². The summed E-state index contributed by atoms with van der Waals surface area (Å²) < 4.78 is 0. The first-order valence-corrected chi connectivity index (χ1v) is 13.9. The van der Waals surface area contributed by atoms with Crippen LogP contribution in [-0.4, -0.2) is 65.3 Å². The molecule has 0 radical (unpaired) electrons. The number of rotatable bonds is 5. The standard InChI is InChI=1S/C30H35N3O2S/c1-4-23-9-11-24(12-10-23)30(35)33-17-16-31(19-22(33)3)28(34)20-32-15-13-27-26(14-18-36-27)29(32)25-8-6-5-7-21(25)2/h5-12,14,18,22,29H,4,13,15-17,19-20H2,1-3H3/t22-,29-/m0/s1. The van der Waals surface area contributed by atoms with Crippen molar-refractivity contribution in [2.45, 2.75) is 45.7 Å². The molecule has 0 unspecified atom stereocenters. The number of nitrogens with zero attached hydrogens (tertiary/aromatic N) is 3. The molecule has 3 aromatic rings. The van der Waals surface area contributed by atoms with E-state index < -0.39 is 0 Å². The molecule has 2 amide bonds. The maximum absolute atomic E-state index is 13.5. The third-order valence-corrected chi connectivity index (χ3v) is 8.73. The summed E-state index contributed by atoms with van der Waals surface area (Å²) >= 11 is 1.82. The predicted octanol–water partition coefficient (Wildman–Crippen LogP) is 4.94. The van der Waals surface area contributed by atoms with Gasteiger partial charge in [0.25, 0.3) is 5.91 Å². The van der Waals surface area contributed by atoms with Crippen LogP contribution in [0.2, 0.25) is 0 Å². The van der Waals surface area contributed by atoms with Gasteiger partial charge in [-0.25, -0.2) is 0 Å². The van der Waals surface area contributed by atoms with Crippen molar-refractivity contribution in [1.82, 2.24) is 14.7 Å². The van der Waals surface area contributed by atoms with Gasteiger partial charge in [-0.05, 0) is 72.5 Å². The van der Waals surface area contributed by atoms with E-state index in [0.717, 1.165) is 24.9 Å². The fraction of sp³-hybridized carbons (Fsp3) is 0.400. The molecular weight excluding hydrogens is 466 g/mol. The number of piperazine rings is 1. The van der Waals surface area contributed by atoms with Gasteiger partial charge in [0.1, 0.15) is 0 Å². The van der Waals surface area contributed by atoms with Crippen LogP contribution in [0.3, 0.4) is 0 Å². The average Bonchev–Trinajstić information content (AvgIpc) is 3.38. The molecule has 2 aliphatic rings. The number of amides is 2. The minimum atomic E-state index is -0.0157. The summed E-state index contributed by atoms with van der Waals surface area (Å²) in [6.45, 7) is 9.31. The average molecular weight is 502 g/mol. The van der Waals surface area contributed by atoms with Crippen LogP contribution < -0.4 is 0 Å². The molecule has 2 atom stereocenters. The fourth-order valence-corrected chi connectivity index (χ4v) is 6.51. The lowest BCUT2D eigenvalue weighted by Gasteiger charge is -2.42. The van der Waals surface area contributed by atoms with Gasteiger partial charge in [-0.2, -0.15) is 0 Å². The molecular formula is C30H35N3O2S. The van der Waals surface area contributed by atoms with E-state index in [9.17, 15) is 9.59 Å². The Morgan fingerprint density at radius 1 is 0.972 bits per heavy atom. The van der Waals surface area contributed by atoms with E-state index in [1.54, 1.807) is 0 Å². The van der Waals surface area contributed by atoms with Gasteiger partial charge in [0.05, 0.1) is 12.6 Å². The molecule has 5 rings (SSSR count). The number of hydrogen-bond donors (Lipinski definition) is 0. The van der Waals surface area contributed by atoms with Crippen molar-refractivity contribution >= 4 is 23.2 Å². The zero-order chi connectivity index (χ0) is 25.2. The SMILES string of the molecule is CCc1ccc(C(=O)N2CCN(C(=O)CN3CCc4sccc4[C@@H]3c3ccccc3C)C[C@@H]2C)cc1. The van der Waals surface area contributed by atoms with Gasteiger partial charge in [-0.1, -0.05) is 43.3 Å². The summed E-state index contributed by atoms with van der Waals surface area (Å²) in [6.07, 6.45) is 1.94. The van der Waals surface area contributed by atoms with Crippen LogP contribution in [0.25, 0.3) is 0 Å². The first-order chi connectivity index (χ1) is 17.5. The van der Waals surface area contributed by atoms with Gasteiger partial charge in [0, 0.05) is 42.7 Å². The number of carbonyl (C=O) groups excluding carboxylic acids is 2. The zero-order valence-corrected chi connectivity index (χ0v) is 22.3. The lowest BCUT2D eigenvalue weighted by molar-refractivity contribution is -0.135. The molecule has 1 aromatic heterocycles. The minimum absolute atomic E-state index is 0.0157. The Bertz CT molecular complexity index is 1240. The molecule has 1 saturated heterocycles. The van der Waals surface area contributed by atoms with Gasteiger partial charge in [0.2, 0.25) is 5.91 Å². The molecule has 0 N–H and O–H groups in total. The van der Waals surface area contributed by atoms with Crippen LogP contribution in [0.1, 0.15) is 57.4 Å². The first-order valence-electron chi connectivity index (χ1n) is 13.0. The molecule has 0 bridgehead atoms. The topological polar surface area (TPSA) is 43.9 Å². The Hall–Kier alpha value is -2.96. The highest BCUT2D eigenvalue weighted by Gasteiger charge is 2.35. The van der Waals surface area contributed by atoms with E-state index in [0.29, 0.717) is 26.2 Å². The molecule has 1 fully saturated rings. The Morgan fingerprint density at radius 2 is 1.75 bits per heavy atom. The van der Waals surface area contributed by atoms with Crippen molar-refractivity contribution < 1.29 is 9.59 Å². The van der Waals surface area contributed by atoms with Crippen LogP contribution in [-0.2, 0) is 17.6 Å². The highest BCUT2D eigenvalue weighted by Crippen LogP contribution is 2.38. The third-order valence-electron chi connectivity index (χ3n) is 7.74. The molecule has 5 nitrogen and oxygen atoms in total. The van der Waals surface area contributed by atoms with E-state index >= 15 is 0 Å². The van der Waals surface area contributed by atoms with Gasteiger partial charge < -0.3 is 9.80 Å². The Kier molecular flexibility index (Phi) is 7.26. The molecule has 2 aliphatic heterocycles. The number of thiophene rings is 1. The largest absolute Gasteiger partial charge is 0.338 e. The van der Waals surface area contributed by atoms with Gasteiger partial charge >= 0.3 is 0 Å². The number of fused-ring (bicyclic) bond motifs is 1. The van der Waals surface area contributed by atoms with Gasteiger partial charge in [-0.15, -0.1) is 11.3 Å². The highest BCUT2D eigenvalue weighted by atomic mass is 32.1. The van der Waals surface area contributed by atoms with E-state index in [2.05, 4.69) is 54.5 Å². The van der Waals surface area contributed by atoms with Gasteiger partial charge in [0.15, 0.2) is 0 Å².